The van der Waals surface area contributed by atoms with Crippen LogP contribution in [0.25, 0.3) is 17.5 Å². The minimum atomic E-state index is -0.299. The van der Waals surface area contributed by atoms with Gasteiger partial charge in [-0.15, -0.1) is 0 Å². The third-order valence-corrected chi connectivity index (χ3v) is 4.25. The molecule has 0 fully saturated rings. The molecule has 114 valence electrons. The van der Waals surface area contributed by atoms with Gasteiger partial charge in [-0.3, -0.25) is 10.1 Å². The topological polar surface area (TPSA) is 83.0 Å². The molecule has 7 heteroatoms. The summed E-state index contributed by atoms with van der Waals surface area (Å²) in [4.78, 5) is 20.7. The summed E-state index contributed by atoms with van der Waals surface area (Å²) in [5, 5.41) is 2.65. The highest BCUT2D eigenvalue weighted by molar-refractivity contribution is 7.97. The highest BCUT2D eigenvalue weighted by Crippen LogP contribution is 2.28. The average Bonchev–Trinajstić information content (AvgIpc) is 3.25. The third kappa shape index (κ3) is 2.74. The Kier molecular flexibility index (Phi) is 3.39. The number of nitrogens with zero attached hydrogens (tertiary/aromatic N) is 1. The highest BCUT2D eigenvalue weighted by atomic mass is 32.2. The lowest BCUT2D eigenvalue weighted by Crippen LogP contribution is -2.23. The van der Waals surface area contributed by atoms with Crippen LogP contribution in [0.5, 0.6) is 0 Å². The number of benzene rings is 1. The molecule has 1 aliphatic heterocycles. The van der Waals surface area contributed by atoms with E-state index in [1.54, 1.807) is 12.3 Å². The van der Waals surface area contributed by atoms with Crippen molar-refractivity contribution in [2.45, 2.75) is 4.90 Å². The number of hydrogen-bond acceptors (Lipinski definition) is 5. The van der Waals surface area contributed by atoms with Gasteiger partial charge >= 0.3 is 6.01 Å². The van der Waals surface area contributed by atoms with Crippen LogP contribution in [0.3, 0.4) is 0 Å². The number of anilines is 1. The first-order valence-corrected chi connectivity index (χ1v) is 7.75. The standard InChI is InChI=1S/C16H12N4O2S/c21-15(12-8-10-4-1-2-6-14(10)23-20-12)19-16-18-13(9-22-16)11-5-3-7-17-11/h1-9,17,20H,(H,18,19,21). The maximum absolute atomic E-state index is 12.3. The quantitative estimate of drug-likeness (QED) is 0.644. The lowest BCUT2D eigenvalue weighted by molar-refractivity contribution is -0.113. The van der Waals surface area contributed by atoms with Crippen molar-refractivity contribution in [1.82, 2.24) is 14.7 Å². The molecular formula is C16H12N4O2S. The van der Waals surface area contributed by atoms with E-state index in [1.807, 2.05) is 36.4 Å². The van der Waals surface area contributed by atoms with Crippen molar-refractivity contribution in [3.05, 3.63) is 60.1 Å². The van der Waals surface area contributed by atoms with E-state index in [4.69, 9.17) is 4.42 Å². The van der Waals surface area contributed by atoms with Crippen molar-refractivity contribution in [1.29, 1.82) is 0 Å². The molecule has 4 rings (SSSR count). The van der Waals surface area contributed by atoms with Crippen LogP contribution in [0, 0.1) is 0 Å². The molecule has 3 aromatic rings. The largest absolute Gasteiger partial charge is 0.431 e. The molecule has 0 unspecified atom stereocenters. The molecule has 1 aliphatic rings. The molecular weight excluding hydrogens is 312 g/mol. The molecule has 2 aromatic heterocycles. The zero-order valence-corrected chi connectivity index (χ0v) is 12.7. The first-order valence-electron chi connectivity index (χ1n) is 6.94. The number of rotatable bonds is 3. The monoisotopic (exact) mass is 324 g/mol. The van der Waals surface area contributed by atoms with Crippen LogP contribution in [0.2, 0.25) is 0 Å². The number of H-pyrrole nitrogens is 1. The summed E-state index contributed by atoms with van der Waals surface area (Å²) >= 11 is 1.40. The molecule has 23 heavy (non-hydrogen) atoms. The summed E-state index contributed by atoms with van der Waals surface area (Å²) in [5.74, 6) is -0.299. The molecule has 1 aromatic carbocycles. The Balaban J connectivity index is 1.52. The van der Waals surface area contributed by atoms with Gasteiger partial charge in [-0.05, 0) is 41.8 Å². The van der Waals surface area contributed by atoms with E-state index in [-0.39, 0.29) is 11.9 Å². The van der Waals surface area contributed by atoms with Crippen LogP contribution in [0.4, 0.5) is 6.01 Å². The SMILES string of the molecule is O=C(Nc1nc(-c2ccc[nH]2)co1)C1=Cc2ccccc2SN1. The minimum absolute atomic E-state index is 0.158. The fourth-order valence-electron chi connectivity index (χ4n) is 2.21. The summed E-state index contributed by atoms with van der Waals surface area (Å²) < 4.78 is 8.31. The van der Waals surface area contributed by atoms with Crippen LogP contribution in [-0.2, 0) is 4.79 Å². The van der Waals surface area contributed by atoms with Gasteiger partial charge in [0.05, 0.1) is 5.69 Å². The Morgan fingerprint density at radius 2 is 2.13 bits per heavy atom. The second-order valence-corrected chi connectivity index (χ2v) is 5.72. The smallest absolute Gasteiger partial charge is 0.302 e. The summed E-state index contributed by atoms with van der Waals surface area (Å²) in [7, 11) is 0. The molecule has 0 spiro atoms. The second kappa shape index (κ2) is 5.69. The summed E-state index contributed by atoms with van der Waals surface area (Å²) in [5.41, 5.74) is 2.92. The van der Waals surface area contributed by atoms with Gasteiger partial charge < -0.3 is 14.1 Å². The van der Waals surface area contributed by atoms with Gasteiger partial charge in [0.2, 0.25) is 0 Å². The van der Waals surface area contributed by atoms with E-state index in [0.717, 1.165) is 16.2 Å². The maximum Gasteiger partial charge on any atom is 0.302 e. The fraction of sp³-hybridized carbons (Fsp3) is 0. The first kappa shape index (κ1) is 13.7. The molecule has 3 N–H and O–H groups in total. The molecule has 6 nitrogen and oxygen atoms in total. The molecule has 3 heterocycles. The number of oxazole rings is 1. The van der Waals surface area contributed by atoms with Gasteiger partial charge in [0.1, 0.15) is 17.7 Å². The number of aromatic nitrogens is 2. The van der Waals surface area contributed by atoms with Gasteiger partial charge in [-0.1, -0.05) is 18.2 Å². The first-order chi connectivity index (χ1) is 11.3. The number of fused-ring (bicyclic) bond motifs is 1. The van der Waals surface area contributed by atoms with Crippen molar-refractivity contribution in [3.8, 4) is 11.4 Å². The predicted octanol–water partition coefficient (Wildman–Crippen LogP) is 3.26. The molecule has 0 radical (unpaired) electrons. The Hall–Kier alpha value is -2.93. The normalized spacial score (nSPS) is 13.0. The maximum atomic E-state index is 12.3. The van der Waals surface area contributed by atoms with Gasteiger partial charge in [0.25, 0.3) is 5.91 Å². The molecule has 0 saturated carbocycles. The Morgan fingerprint density at radius 3 is 3.00 bits per heavy atom. The Labute approximate surface area is 136 Å². The number of carbonyl (C=O) groups excluding carboxylic acids is 1. The van der Waals surface area contributed by atoms with E-state index in [9.17, 15) is 4.79 Å². The molecule has 0 saturated heterocycles. The zero-order chi connectivity index (χ0) is 15.6. The van der Waals surface area contributed by atoms with Gasteiger partial charge in [-0.25, -0.2) is 0 Å². The van der Waals surface area contributed by atoms with E-state index >= 15 is 0 Å². The van der Waals surface area contributed by atoms with Crippen molar-refractivity contribution >= 4 is 29.9 Å². The van der Waals surface area contributed by atoms with Gasteiger partial charge in [0, 0.05) is 11.1 Å². The second-order valence-electron chi connectivity index (χ2n) is 4.88. The summed E-state index contributed by atoms with van der Waals surface area (Å²) in [6.45, 7) is 0. The van der Waals surface area contributed by atoms with E-state index in [0.29, 0.717) is 11.4 Å². The van der Waals surface area contributed by atoms with Crippen molar-refractivity contribution in [2.75, 3.05) is 5.32 Å². The van der Waals surface area contributed by atoms with Crippen molar-refractivity contribution in [3.63, 3.8) is 0 Å². The molecule has 0 atom stereocenters. The molecule has 1 amide bonds. The Morgan fingerprint density at radius 1 is 1.22 bits per heavy atom. The molecule has 0 bridgehead atoms. The third-order valence-electron chi connectivity index (χ3n) is 3.33. The predicted molar refractivity (Wildman–Crippen MR) is 88.3 cm³/mol. The van der Waals surface area contributed by atoms with Crippen LogP contribution in [-0.4, -0.2) is 15.9 Å². The van der Waals surface area contributed by atoms with Gasteiger partial charge in [0.15, 0.2) is 0 Å². The van der Waals surface area contributed by atoms with E-state index < -0.39 is 0 Å². The van der Waals surface area contributed by atoms with Crippen molar-refractivity contribution in [2.24, 2.45) is 0 Å². The number of aromatic amines is 1. The number of nitrogens with one attached hydrogen (secondary N) is 3. The average molecular weight is 324 g/mol. The minimum Gasteiger partial charge on any atom is -0.431 e. The Bertz CT molecular complexity index is 883. The van der Waals surface area contributed by atoms with E-state index in [2.05, 4.69) is 20.0 Å². The van der Waals surface area contributed by atoms with Crippen molar-refractivity contribution < 1.29 is 9.21 Å². The number of hydrogen-bond donors (Lipinski definition) is 3. The highest BCUT2D eigenvalue weighted by Gasteiger charge is 2.18. The van der Waals surface area contributed by atoms with Crippen LogP contribution < -0.4 is 10.0 Å². The lowest BCUT2D eigenvalue weighted by atomic mass is 10.2. The van der Waals surface area contributed by atoms with Crippen LogP contribution >= 0.6 is 11.9 Å². The fourth-order valence-corrected chi connectivity index (χ4v) is 2.97. The summed E-state index contributed by atoms with van der Waals surface area (Å²) in [6, 6.07) is 11.8. The van der Waals surface area contributed by atoms with E-state index in [1.165, 1.54) is 18.2 Å². The van der Waals surface area contributed by atoms with Gasteiger partial charge in [-0.2, -0.15) is 4.98 Å². The zero-order valence-electron chi connectivity index (χ0n) is 11.9. The summed E-state index contributed by atoms with van der Waals surface area (Å²) in [6.07, 6.45) is 5.10. The molecule has 0 aliphatic carbocycles. The van der Waals surface area contributed by atoms with Crippen LogP contribution in [0.1, 0.15) is 5.56 Å². The lowest BCUT2D eigenvalue weighted by Gasteiger charge is -2.16. The number of amides is 1. The van der Waals surface area contributed by atoms with Crippen LogP contribution in [0.15, 0.2) is 63.9 Å². The number of carbonyl (C=O) groups is 1.